The molecule has 2 aromatic carbocycles. The fraction of sp³-hybridized carbons (Fsp3) is 0.200. The highest BCUT2D eigenvalue weighted by Crippen LogP contribution is 2.31. The highest BCUT2D eigenvalue weighted by Gasteiger charge is 2.20. The number of anilines is 1. The molecule has 0 saturated heterocycles. The van der Waals surface area contributed by atoms with Gasteiger partial charge in [0, 0.05) is 12.5 Å². The number of aryl methyl sites for hydroxylation is 3. The Morgan fingerprint density at radius 3 is 2.42 bits per heavy atom. The number of nitrogens with zero attached hydrogens (tertiary/aromatic N) is 1. The minimum absolute atomic E-state index is 0.0369. The van der Waals surface area contributed by atoms with Gasteiger partial charge in [-0.15, -0.1) is 0 Å². The zero-order valence-corrected chi connectivity index (χ0v) is 19.5. The molecule has 0 fully saturated rings. The van der Waals surface area contributed by atoms with Crippen molar-refractivity contribution in [1.29, 1.82) is 0 Å². The van der Waals surface area contributed by atoms with Crippen LogP contribution in [0.3, 0.4) is 0 Å². The number of amides is 1. The molecule has 8 heteroatoms. The van der Waals surface area contributed by atoms with Crippen LogP contribution >= 0.6 is 11.3 Å². The molecule has 2 heterocycles. The van der Waals surface area contributed by atoms with Crippen molar-refractivity contribution in [3.05, 3.63) is 74.4 Å². The number of ether oxygens (including phenoxy) is 1. The van der Waals surface area contributed by atoms with Gasteiger partial charge < -0.3 is 9.15 Å². The van der Waals surface area contributed by atoms with E-state index in [1.165, 1.54) is 6.92 Å². The molecule has 0 aliphatic carbocycles. The van der Waals surface area contributed by atoms with Crippen LogP contribution in [-0.2, 0) is 4.79 Å². The number of nitrogens with one attached hydrogen (secondary N) is 1. The van der Waals surface area contributed by atoms with E-state index < -0.39 is 12.5 Å². The molecular weight excluding hydrogens is 440 g/mol. The first-order valence-electron chi connectivity index (χ1n) is 10.3. The molecule has 0 atom stereocenters. The molecule has 4 rings (SSSR count). The third kappa shape index (κ3) is 4.70. The van der Waals surface area contributed by atoms with Gasteiger partial charge in [0.15, 0.2) is 23.3 Å². The summed E-state index contributed by atoms with van der Waals surface area (Å²) in [4.78, 5) is 42.0. The molecule has 0 radical (unpaired) electrons. The standard InChI is InChI=1S/C25H22N2O5S/c1-13-5-8-17(9-6-13)22-23(21(30)18-10-7-14(2)11-19(18)32-22)31-12-20(29)27-25-26-15(3)24(33-25)16(4)28/h5-11H,12H2,1-4H3,(H,26,27,29). The number of Topliss-reactive ketones (excluding diaryl/α,β-unsaturated/α-hetero) is 1. The van der Waals surface area contributed by atoms with Crippen LogP contribution in [0.4, 0.5) is 5.13 Å². The number of carbonyl (C=O) groups is 2. The van der Waals surface area contributed by atoms with Gasteiger partial charge in [0.05, 0.1) is 16.0 Å². The Morgan fingerprint density at radius 2 is 1.76 bits per heavy atom. The second-order valence-corrected chi connectivity index (χ2v) is 8.78. The van der Waals surface area contributed by atoms with Crippen LogP contribution in [0.2, 0.25) is 0 Å². The third-order valence-electron chi connectivity index (χ3n) is 5.03. The highest BCUT2D eigenvalue weighted by molar-refractivity contribution is 7.17. The molecule has 7 nitrogen and oxygen atoms in total. The number of carbonyl (C=O) groups excluding carboxylic acids is 2. The van der Waals surface area contributed by atoms with Gasteiger partial charge in [0.25, 0.3) is 5.91 Å². The predicted molar refractivity (Wildman–Crippen MR) is 128 cm³/mol. The molecule has 168 valence electrons. The van der Waals surface area contributed by atoms with E-state index in [0.29, 0.717) is 32.2 Å². The molecular formula is C25H22N2O5S. The van der Waals surface area contributed by atoms with E-state index in [0.717, 1.165) is 22.5 Å². The number of hydrogen-bond acceptors (Lipinski definition) is 7. The third-order valence-corrected chi connectivity index (χ3v) is 6.20. The molecule has 0 bridgehead atoms. The number of thiazole rings is 1. The lowest BCUT2D eigenvalue weighted by atomic mass is 10.1. The van der Waals surface area contributed by atoms with Crippen molar-refractivity contribution in [2.45, 2.75) is 27.7 Å². The van der Waals surface area contributed by atoms with E-state index in [1.54, 1.807) is 19.1 Å². The van der Waals surface area contributed by atoms with Crippen molar-refractivity contribution in [3.8, 4) is 17.1 Å². The van der Waals surface area contributed by atoms with Gasteiger partial charge in [-0.25, -0.2) is 4.98 Å². The lowest BCUT2D eigenvalue weighted by Crippen LogP contribution is -2.22. The normalized spacial score (nSPS) is 10.9. The Labute approximate surface area is 194 Å². The molecule has 2 aromatic heterocycles. The molecule has 0 spiro atoms. The van der Waals surface area contributed by atoms with Crippen molar-refractivity contribution in [1.82, 2.24) is 4.98 Å². The van der Waals surface area contributed by atoms with Crippen LogP contribution < -0.4 is 15.5 Å². The predicted octanol–water partition coefficient (Wildman–Crippen LogP) is 5.06. The van der Waals surface area contributed by atoms with E-state index in [2.05, 4.69) is 10.3 Å². The smallest absolute Gasteiger partial charge is 0.264 e. The number of benzene rings is 2. The SMILES string of the molecule is CC(=O)c1sc(NC(=O)COc2c(-c3ccc(C)cc3)oc3cc(C)ccc3c2=O)nc1C. The quantitative estimate of drug-likeness (QED) is 0.402. The maximum absolute atomic E-state index is 13.2. The van der Waals surface area contributed by atoms with Gasteiger partial charge in [-0.3, -0.25) is 19.7 Å². The van der Waals surface area contributed by atoms with Crippen LogP contribution in [0.5, 0.6) is 5.75 Å². The number of hydrogen-bond donors (Lipinski definition) is 1. The zero-order chi connectivity index (χ0) is 23.7. The summed E-state index contributed by atoms with van der Waals surface area (Å²) in [6, 6.07) is 12.8. The lowest BCUT2D eigenvalue weighted by molar-refractivity contribution is -0.118. The first-order valence-corrected chi connectivity index (χ1v) is 11.1. The average molecular weight is 463 g/mol. The van der Waals surface area contributed by atoms with Gasteiger partial charge in [-0.2, -0.15) is 0 Å². The lowest BCUT2D eigenvalue weighted by Gasteiger charge is -2.12. The maximum atomic E-state index is 13.2. The van der Waals surface area contributed by atoms with Gasteiger partial charge in [0.2, 0.25) is 11.2 Å². The summed E-state index contributed by atoms with van der Waals surface area (Å²) >= 11 is 1.10. The Balaban J connectivity index is 1.66. The summed E-state index contributed by atoms with van der Waals surface area (Å²) in [5.41, 5.74) is 3.32. The fourth-order valence-corrected chi connectivity index (χ4v) is 4.26. The number of rotatable bonds is 6. The number of ketones is 1. The van der Waals surface area contributed by atoms with Crippen LogP contribution in [0.25, 0.3) is 22.3 Å². The largest absolute Gasteiger partial charge is 0.476 e. The van der Waals surface area contributed by atoms with Gasteiger partial charge in [-0.1, -0.05) is 47.2 Å². The van der Waals surface area contributed by atoms with Gasteiger partial charge in [-0.05, 0) is 38.5 Å². The summed E-state index contributed by atoms with van der Waals surface area (Å²) in [7, 11) is 0. The topological polar surface area (TPSA) is 98.5 Å². The van der Waals surface area contributed by atoms with Crippen molar-refractivity contribution < 1.29 is 18.7 Å². The van der Waals surface area contributed by atoms with Gasteiger partial charge >= 0.3 is 0 Å². The second kappa shape index (κ2) is 8.99. The Kier molecular flexibility index (Phi) is 6.11. The van der Waals surface area contributed by atoms with Crippen molar-refractivity contribution in [2.75, 3.05) is 11.9 Å². The summed E-state index contributed by atoms with van der Waals surface area (Å²) in [5.74, 6) is -0.398. The summed E-state index contributed by atoms with van der Waals surface area (Å²) in [6.07, 6.45) is 0. The molecule has 0 aliphatic heterocycles. The number of aromatic nitrogens is 1. The Bertz CT molecular complexity index is 1430. The molecule has 0 saturated carbocycles. The fourth-order valence-electron chi connectivity index (χ4n) is 3.38. The first-order chi connectivity index (χ1) is 15.7. The maximum Gasteiger partial charge on any atom is 0.264 e. The van der Waals surface area contributed by atoms with Crippen molar-refractivity contribution in [3.63, 3.8) is 0 Å². The van der Waals surface area contributed by atoms with E-state index in [1.807, 2.05) is 44.2 Å². The van der Waals surface area contributed by atoms with E-state index in [9.17, 15) is 14.4 Å². The molecule has 1 N–H and O–H groups in total. The minimum atomic E-state index is -0.503. The van der Waals surface area contributed by atoms with Crippen molar-refractivity contribution >= 4 is 39.1 Å². The van der Waals surface area contributed by atoms with E-state index in [4.69, 9.17) is 9.15 Å². The summed E-state index contributed by atoms with van der Waals surface area (Å²) in [5, 5.41) is 3.28. The molecule has 4 aromatic rings. The molecule has 1 amide bonds. The summed E-state index contributed by atoms with van der Waals surface area (Å²) < 4.78 is 11.8. The van der Waals surface area contributed by atoms with E-state index in [-0.39, 0.29) is 22.7 Å². The second-order valence-electron chi connectivity index (χ2n) is 7.78. The van der Waals surface area contributed by atoms with Crippen LogP contribution in [0.15, 0.2) is 51.7 Å². The Hall–Kier alpha value is -3.78. The summed E-state index contributed by atoms with van der Waals surface area (Å²) in [6.45, 7) is 6.60. The molecule has 0 unspecified atom stereocenters. The highest BCUT2D eigenvalue weighted by atomic mass is 32.1. The van der Waals surface area contributed by atoms with Crippen LogP contribution in [0.1, 0.15) is 33.4 Å². The minimum Gasteiger partial charge on any atom is -0.476 e. The molecule has 33 heavy (non-hydrogen) atoms. The Morgan fingerprint density at radius 1 is 1.06 bits per heavy atom. The monoisotopic (exact) mass is 462 g/mol. The zero-order valence-electron chi connectivity index (χ0n) is 18.6. The number of fused-ring (bicyclic) bond motifs is 1. The van der Waals surface area contributed by atoms with Gasteiger partial charge in [0.1, 0.15) is 5.58 Å². The molecule has 0 aliphatic rings. The average Bonchev–Trinajstić information content (AvgIpc) is 3.13. The van der Waals surface area contributed by atoms with E-state index >= 15 is 0 Å². The first kappa shape index (κ1) is 22.4. The van der Waals surface area contributed by atoms with Crippen LogP contribution in [0, 0.1) is 20.8 Å². The van der Waals surface area contributed by atoms with Crippen LogP contribution in [-0.4, -0.2) is 23.3 Å². The van der Waals surface area contributed by atoms with Crippen molar-refractivity contribution in [2.24, 2.45) is 0 Å².